The van der Waals surface area contributed by atoms with Gasteiger partial charge in [-0.2, -0.15) is 0 Å². The van der Waals surface area contributed by atoms with Crippen LogP contribution in [0.4, 0.5) is 5.69 Å². The third-order valence-electron chi connectivity index (χ3n) is 5.92. The van der Waals surface area contributed by atoms with E-state index >= 15 is 0 Å². The van der Waals surface area contributed by atoms with Crippen molar-refractivity contribution in [1.82, 2.24) is 10.2 Å². The van der Waals surface area contributed by atoms with Crippen molar-refractivity contribution < 1.29 is 27.5 Å². The normalized spacial score (nSPS) is 12.8. The first-order chi connectivity index (χ1) is 17.0. The van der Waals surface area contributed by atoms with Gasteiger partial charge < -0.3 is 19.7 Å². The molecule has 9 nitrogen and oxygen atoms in total. The lowest BCUT2D eigenvalue weighted by atomic mass is 10.1. The van der Waals surface area contributed by atoms with Crippen molar-refractivity contribution in [3.05, 3.63) is 54.1 Å². The first kappa shape index (κ1) is 29.0. The number of hydrogen-bond donors (Lipinski definition) is 1. The van der Waals surface area contributed by atoms with E-state index in [1.54, 1.807) is 12.1 Å². The molecular formula is C26H37N3O6S. The second-order valence-electron chi connectivity index (χ2n) is 8.56. The maximum absolute atomic E-state index is 13.7. The Hall–Kier alpha value is -3.27. The van der Waals surface area contributed by atoms with Gasteiger partial charge in [0.15, 0.2) is 11.5 Å². The van der Waals surface area contributed by atoms with Crippen LogP contribution in [0.15, 0.2) is 48.5 Å². The van der Waals surface area contributed by atoms with Gasteiger partial charge in [-0.05, 0) is 37.5 Å². The predicted molar refractivity (Wildman–Crippen MR) is 141 cm³/mol. The number of carbonyl (C=O) groups is 2. The summed E-state index contributed by atoms with van der Waals surface area (Å²) in [6, 6.07) is 13.1. The quantitative estimate of drug-likeness (QED) is 0.436. The van der Waals surface area contributed by atoms with Gasteiger partial charge >= 0.3 is 0 Å². The van der Waals surface area contributed by atoms with Gasteiger partial charge in [0.2, 0.25) is 21.8 Å². The molecule has 0 heterocycles. The monoisotopic (exact) mass is 519 g/mol. The lowest BCUT2D eigenvalue weighted by molar-refractivity contribution is -0.140. The molecule has 0 bridgehead atoms. The molecule has 2 rings (SSSR count). The molecule has 2 atom stereocenters. The third-order valence-corrected chi connectivity index (χ3v) is 7.06. The lowest BCUT2D eigenvalue weighted by Gasteiger charge is -2.33. The summed E-state index contributed by atoms with van der Waals surface area (Å²) >= 11 is 0. The maximum atomic E-state index is 13.7. The molecule has 0 aromatic heterocycles. The highest BCUT2D eigenvalue weighted by Gasteiger charge is 2.32. The molecule has 10 heteroatoms. The van der Waals surface area contributed by atoms with Crippen LogP contribution in [0.5, 0.6) is 11.5 Å². The number of nitrogens with one attached hydrogen (secondary N) is 1. The highest BCUT2D eigenvalue weighted by molar-refractivity contribution is 7.92. The number of nitrogens with zero attached hydrogens (tertiary/aromatic N) is 2. The van der Waals surface area contributed by atoms with Crippen LogP contribution in [0.1, 0.15) is 39.2 Å². The summed E-state index contributed by atoms with van der Waals surface area (Å²) in [5.41, 5.74) is 1.08. The van der Waals surface area contributed by atoms with Gasteiger partial charge in [0.05, 0.1) is 26.2 Å². The minimum Gasteiger partial charge on any atom is -0.493 e. The van der Waals surface area contributed by atoms with Crippen molar-refractivity contribution in [3.63, 3.8) is 0 Å². The van der Waals surface area contributed by atoms with E-state index < -0.39 is 28.5 Å². The first-order valence-electron chi connectivity index (χ1n) is 11.9. The average molecular weight is 520 g/mol. The van der Waals surface area contributed by atoms with Crippen LogP contribution < -0.4 is 19.1 Å². The molecule has 0 aliphatic heterocycles. The molecule has 2 aromatic rings. The van der Waals surface area contributed by atoms with Gasteiger partial charge in [0.1, 0.15) is 12.6 Å². The topological polar surface area (TPSA) is 105 Å². The molecule has 0 radical (unpaired) electrons. The summed E-state index contributed by atoms with van der Waals surface area (Å²) in [6.07, 6.45) is 2.15. The smallest absolute Gasteiger partial charge is 0.244 e. The van der Waals surface area contributed by atoms with E-state index in [9.17, 15) is 18.0 Å². The Morgan fingerprint density at radius 3 is 2.14 bits per heavy atom. The fourth-order valence-electron chi connectivity index (χ4n) is 3.73. The fourth-order valence-corrected chi connectivity index (χ4v) is 4.58. The predicted octanol–water partition coefficient (Wildman–Crippen LogP) is 3.19. The molecule has 0 spiro atoms. The van der Waals surface area contributed by atoms with Crippen molar-refractivity contribution in [2.45, 2.75) is 52.2 Å². The lowest BCUT2D eigenvalue weighted by Crippen LogP contribution is -2.53. The van der Waals surface area contributed by atoms with Crippen LogP contribution in [0, 0.1) is 0 Å². The van der Waals surface area contributed by atoms with Gasteiger partial charge in [-0.1, -0.05) is 44.2 Å². The van der Waals surface area contributed by atoms with Crippen molar-refractivity contribution >= 4 is 27.5 Å². The Bertz CT molecular complexity index is 1120. The number of benzene rings is 2. The number of amides is 2. The number of methoxy groups -OCH3 is 2. The van der Waals surface area contributed by atoms with Crippen LogP contribution in [0.3, 0.4) is 0 Å². The highest BCUT2D eigenvalue weighted by atomic mass is 32.2. The van der Waals surface area contributed by atoms with Crippen LogP contribution in [0.2, 0.25) is 0 Å². The number of rotatable bonds is 13. The average Bonchev–Trinajstić information content (AvgIpc) is 2.86. The molecule has 1 N–H and O–H groups in total. The number of hydrogen-bond acceptors (Lipinski definition) is 6. The minimum atomic E-state index is -3.85. The molecule has 0 unspecified atom stereocenters. The van der Waals surface area contributed by atoms with Crippen LogP contribution in [-0.2, 0) is 26.2 Å². The fraction of sp³-hybridized carbons (Fsp3) is 0.462. The van der Waals surface area contributed by atoms with E-state index in [4.69, 9.17) is 9.47 Å². The van der Waals surface area contributed by atoms with E-state index in [1.165, 1.54) is 25.2 Å². The molecule has 0 fully saturated rings. The van der Waals surface area contributed by atoms with Crippen LogP contribution in [0.25, 0.3) is 0 Å². The van der Waals surface area contributed by atoms with Gasteiger partial charge in [0, 0.05) is 18.7 Å². The Morgan fingerprint density at radius 2 is 1.61 bits per heavy atom. The number of anilines is 1. The Kier molecular flexibility index (Phi) is 10.6. The SMILES string of the molecule is CC[C@H](C)NC(=O)[C@H](CC)N(Cc1ccccc1)C(=O)CN(c1ccc(OC)c(OC)c1)S(C)(=O)=O. The molecule has 0 aliphatic rings. The molecule has 2 amide bonds. The zero-order valence-corrected chi connectivity index (χ0v) is 22.7. The molecule has 0 saturated carbocycles. The number of sulfonamides is 1. The van der Waals surface area contributed by atoms with Crippen molar-refractivity contribution in [2.24, 2.45) is 0 Å². The van der Waals surface area contributed by atoms with E-state index in [-0.39, 0.29) is 24.2 Å². The van der Waals surface area contributed by atoms with Gasteiger partial charge in [-0.15, -0.1) is 0 Å². The number of ether oxygens (including phenoxy) is 2. The summed E-state index contributed by atoms with van der Waals surface area (Å²) in [4.78, 5) is 28.3. The van der Waals surface area contributed by atoms with Crippen LogP contribution in [-0.4, -0.2) is 64.2 Å². The summed E-state index contributed by atoms with van der Waals surface area (Å²) < 4.78 is 37.1. The Balaban J connectivity index is 2.46. The zero-order chi connectivity index (χ0) is 26.9. The maximum Gasteiger partial charge on any atom is 0.244 e. The molecule has 0 saturated heterocycles. The summed E-state index contributed by atoms with van der Waals surface area (Å²) in [6.45, 7) is 5.38. The van der Waals surface area contributed by atoms with Crippen molar-refractivity contribution in [3.8, 4) is 11.5 Å². The van der Waals surface area contributed by atoms with E-state index in [0.717, 1.165) is 22.5 Å². The minimum absolute atomic E-state index is 0.0560. The van der Waals surface area contributed by atoms with Crippen molar-refractivity contribution in [1.29, 1.82) is 0 Å². The molecule has 36 heavy (non-hydrogen) atoms. The molecule has 198 valence electrons. The zero-order valence-electron chi connectivity index (χ0n) is 21.9. The standard InChI is InChI=1S/C26H37N3O6S/c1-7-19(3)27-26(31)22(8-2)28(17-20-12-10-9-11-13-20)25(30)18-29(36(6,32)33)21-14-15-23(34-4)24(16-21)35-5/h9-16,19,22H,7-8,17-18H2,1-6H3,(H,27,31)/t19-,22-/m0/s1. The van der Waals surface area contributed by atoms with Crippen LogP contribution >= 0.6 is 0 Å². The van der Waals surface area contributed by atoms with Gasteiger partial charge in [-0.3, -0.25) is 13.9 Å². The van der Waals surface area contributed by atoms with Crippen molar-refractivity contribution in [2.75, 3.05) is 31.3 Å². The highest BCUT2D eigenvalue weighted by Crippen LogP contribution is 2.32. The largest absolute Gasteiger partial charge is 0.493 e. The summed E-state index contributed by atoms with van der Waals surface area (Å²) in [5, 5.41) is 2.95. The molecular weight excluding hydrogens is 482 g/mol. The third kappa shape index (κ3) is 7.61. The Morgan fingerprint density at radius 1 is 0.972 bits per heavy atom. The second-order valence-corrected chi connectivity index (χ2v) is 10.5. The van der Waals surface area contributed by atoms with E-state index in [2.05, 4.69) is 5.32 Å². The number of carbonyl (C=O) groups excluding carboxylic acids is 2. The van der Waals surface area contributed by atoms with E-state index in [1.807, 2.05) is 51.1 Å². The summed E-state index contributed by atoms with van der Waals surface area (Å²) in [7, 11) is -0.927. The van der Waals surface area contributed by atoms with Gasteiger partial charge in [-0.25, -0.2) is 8.42 Å². The molecule has 2 aromatic carbocycles. The first-order valence-corrected chi connectivity index (χ1v) is 13.7. The summed E-state index contributed by atoms with van der Waals surface area (Å²) in [5.74, 6) is -0.00512. The molecule has 0 aliphatic carbocycles. The second kappa shape index (κ2) is 13.2. The van der Waals surface area contributed by atoms with Gasteiger partial charge in [0.25, 0.3) is 0 Å². The van der Waals surface area contributed by atoms with E-state index in [0.29, 0.717) is 17.9 Å². The Labute approximate surface area is 214 Å².